The second-order valence-electron chi connectivity index (χ2n) is 4.80. The molecule has 0 saturated carbocycles. The van der Waals surface area contributed by atoms with Crippen molar-refractivity contribution < 1.29 is 19.4 Å². The zero-order chi connectivity index (χ0) is 14.7. The van der Waals surface area contributed by atoms with Crippen LogP contribution in [0.4, 0.5) is 0 Å². The third-order valence-corrected chi connectivity index (χ3v) is 4.64. The molecule has 0 spiro atoms. The normalized spacial score (nSPS) is 20.2. The van der Waals surface area contributed by atoms with E-state index in [4.69, 9.17) is 4.74 Å². The first-order chi connectivity index (χ1) is 9.63. The lowest BCUT2D eigenvalue weighted by Crippen LogP contribution is -2.38. The van der Waals surface area contributed by atoms with Gasteiger partial charge in [-0.1, -0.05) is 6.92 Å². The van der Waals surface area contributed by atoms with Crippen molar-refractivity contribution in [2.24, 2.45) is 0 Å². The van der Waals surface area contributed by atoms with E-state index < -0.39 is 0 Å². The van der Waals surface area contributed by atoms with Crippen LogP contribution in [0.3, 0.4) is 0 Å². The topological polar surface area (TPSA) is 66.8 Å². The number of amides is 1. The molecule has 1 N–H and O–H groups in total. The number of ether oxygens (including phenoxy) is 1. The van der Waals surface area contributed by atoms with Gasteiger partial charge in [0.05, 0.1) is 25.8 Å². The molecule has 5 nitrogen and oxygen atoms in total. The number of nitrogens with zero attached hydrogens (tertiary/aromatic N) is 1. The van der Waals surface area contributed by atoms with Gasteiger partial charge in [0.2, 0.25) is 5.91 Å². The number of aliphatic hydroxyl groups excluding tert-OH is 1. The number of hydrogen-bond donors (Lipinski definition) is 1. The van der Waals surface area contributed by atoms with Gasteiger partial charge in [0.15, 0.2) is 0 Å². The molecular formula is C14H19NO4S. The Hall–Kier alpha value is -1.40. The van der Waals surface area contributed by atoms with Gasteiger partial charge in [-0.05, 0) is 29.9 Å². The molecule has 0 radical (unpaired) electrons. The molecule has 2 unspecified atom stereocenters. The van der Waals surface area contributed by atoms with Crippen molar-refractivity contribution >= 4 is 23.2 Å². The smallest absolute Gasteiger partial charge is 0.348 e. The molecule has 6 heteroatoms. The lowest BCUT2D eigenvalue weighted by Gasteiger charge is -2.32. The number of esters is 1. The van der Waals surface area contributed by atoms with E-state index in [2.05, 4.69) is 0 Å². The number of hydrogen-bond acceptors (Lipinski definition) is 5. The Kier molecular flexibility index (Phi) is 4.77. The van der Waals surface area contributed by atoms with Crippen molar-refractivity contribution in [3.8, 4) is 0 Å². The maximum absolute atomic E-state index is 12.1. The highest BCUT2D eigenvalue weighted by Crippen LogP contribution is 2.36. The molecule has 1 aliphatic heterocycles. The van der Waals surface area contributed by atoms with Gasteiger partial charge in [0.1, 0.15) is 4.88 Å². The Bertz CT molecular complexity index is 499. The van der Waals surface area contributed by atoms with Crippen LogP contribution in [0, 0.1) is 0 Å². The summed E-state index contributed by atoms with van der Waals surface area (Å²) < 4.78 is 4.79. The second-order valence-corrected chi connectivity index (χ2v) is 5.71. The van der Waals surface area contributed by atoms with Gasteiger partial charge in [-0.2, -0.15) is 0 Å². The number of methoxy groups -OCH3 is 1. The summed E-state index contributed by atoms with van der Waals surface area (Å²) in [5, 5.41) is 11.3. The molecular weight excluding hydrogens is 278 g/mol. The molecule has 0 aromatic carbocycles. The Morgan fingerprint density at radius 3 is 3.00 bits per heavy atom. The van der Waals surface area contributed by atoms with Gasteiger partial charge in [-0.15, -0.1) is 11.3 Å². The minimum Gasteiger partial charge on any atom is -0.465 e. The molecule has 0 bridgehead atoms. The number of thiophene rings is 1. The van der Waals surface area contributed by atoms with Crippen LogP contribution in [-0.4, -0.2) is 41.6 Å². The summed E-state index contributed by atoms with van der Waals surface area (Å²) in [7, 11) is 1.35. The Balaban J connectivity index is 2.35. The lowest BCUT2D eigenvalue weighted by atomic mass is 10.0. The second kappa shape index (κ2) is 6.37. The first-order valence-electron chi connectivity index (χ1n) is 6.71. The number of aliphatic hydroxyl groups is 1. The summed E-state index contributed by atoms with van der Waals surface area (Å²) in [6.45, 7) is 1.93. The van der Waals surface area contributed by atoms with E-state index in [-0.39, 0.29) is 30.6 Å². The van der Waals surface area contributed by atoms with Crippen LogP contribution in [-0.2, 0) is 9.53 Å². The fourth-order valence-electron chi connectivity index (χ4n) is 2.78. The molecule has 110 valence electrons. The number of likely N-dealkylation sites (tertiary alicyclic amines) is 1. The summed E-state index contributed by atoms with van der Waals surface area (Å²) in [4.78, 5) is 26.2. The molecule has 1 aliphatic rings. The van der Waals surface area contributed by atoms with Crippen LogP contribution in [0.25, 0.3) is 0 Å². The third kappa shape index (κ3) is 2.58. The third-order valence-electron chi connectivity index (χ3n) is 3.73. The first-order valence-corrected chi connectivity index (χ1v) is 7.59. The number of rotatable bonds is 5. The van der Waals surface area contributed by atoms with Gasteiger partial charge < -0.3 is 14.7 Å². The number of carbonyl (C=O) groups is 2. The van der Waals surface area contributed by atoms with E-state index >= 15 is 0 Å². The predicted octanol–water partition coefficient (Wildman–Crippen LogP) is 1.97. The molecule has 1 saturated heterocycles. The largest absolute Gasteiger partial charge is 0.465 e. The summed E-state index contributed by atoms with van der Waals surface area (Å²) in [6.07, 6.45) is 1.83. The SMILES string of the molecule is CCC(c1ccsc1C(=O)OC)N1C(=O)CCC1CO. The molecule has 1 fully saturated rings. The highest BCUT2D eigenvalue weighted by Gasteiger charge is 2.37. The van der Waals surface area contributed by atoms with Crippen LogP contribution in [0.1, 0.15) is 47.5 Å². The fraction of sp³-hybridized carbons (Fsp3) is 0.571. The van der Waals surface area contributed by atoms with Crippen LogP contribution < -0.4 is 0 Å². The summed E-state index contributed by atoms with van der Waals surface area (Å²) in [6, 6.07) is 1.53. The van der Waals surface area contributed by atoms with E-state index in [0.717, 1.165) is 5.56 Å². The highest BCUT2D eigenvalue weighted by molar-refractivity contribution is 7.12. The summed E-state index contributed by atoms with van der Waals surface area (Å²) >= 11 is 1.32. The van der Waals surface area contributed by atoms with E-state index in [1.807, 2.05) is 18.4 Å². The molecule has 1 aromatic rings. The van der Waals surface area contributed by atoms with Crippen molar-refractivity contribution in [3.05, 3.63) is 21.9 Å². The van der Waals surface area contributed by atoms with Crippen LogP contribution in [0.15, 0.2) is 11.4 Å². The van der Waals surface area contributed by atoms with Crippen molar-refractivity contribution in [1.29, 1.82) is 0 Å². The van der Waals surface area contributed by atoms with E-state index in [9.17, 15) is 14.7 Å². The Morgan fingerprint density at radius 2 is 2.40 bits per heavy atom. The van der Waals surface area contributed by atoms with Gasteiger partial charge >= 0.3 is 5.97 Å². The molecule has 2 atom stereocenters. The maximum atomic E-state index is 12.1. The monoisotopic (exact) mass is 297 g/mol. The zero-order valence-electron chi connectivity index (χ0n) is 11.7. The minimum atomic E-state index is -0.374. The van der Waals surface area contributed by atoms with Gasteiger partial charge in [0, 0.05) is 6.42 Å². The summed E-state index contributed by atoms with van der Waals surface area (Å²) in [5.41, 5.74) is 0.818. The Morgan fingerprint density at radius 1 is 1.65 bits per heavy atom. The average Bonchev–Trinajstić information content (AvgIpc) is 3.07. The highest BCUT2D eigenvalue weighted by atomic mass is 32.1. The summed E-state index contributed by atoms with van der Waals surface area (Å²) in [5.74, 6) is -0.335. The lowest BCUT2D eigenvalue weighted by molar-refractivity contribution is -0.132. The molecule has 1 aromatic heterocycles. The van der Waals surface area contributed by atoms with E-state index in [0.29, 0.717) is 24.1 Å². The van der Waals surface area contributed by atoms with Gasteiger partial charge in [-0.25, -0.2) is 4.79 Å². The van der Waals surface area contributed by atoms with Crippen LogP contribution >= 0.6 is 11.3 Å². The van der Waals surface area contributed by atoms with Crippen LogP contribution in [0.5, 0.6) is 0 Å². The molecule has 1 amide bonds. The predicted molar refractivity (Wildman–Crippen MR) is 75.6 cm³/mol. The number of carbonyl (C=O) groups excluding carboxylic acids is 2. The van der Waals surface area contributed by atoms with Gasteiger partial charge in [-0.3, -0.25) is 4.79 Å². The van der Waals surface area contributed by atoms with E-state index in [1.54, 1.807) is 4.90 Å². The van der Waals surface area contributed by atoms with Crippen molar-refractivity contribution in [2.75, 3.05) is 13.7 Å². The zero-order valence-corrected chi connectivity index (χ0v) is 12.5. The fourth-order valence-corrected chi connectivity index (χ4v) is 3.65. The first kappa shape index (κ1) is 15.0. The molecule has 0 aliphatic carbocycles. The van der Waals surface area contributed by atoms with E-state index in [1.165, 1.54) is 18.4 Å². The maximum Gasteiger partial charge on any atom is 0.348 e. The standard InChI is InChI=1S/C14H19NO4S/c1-3-11(15-9(8-16)4-5-12(15)17)10-6-7-20-13(10)14(18)19-2/h6-7,9,11,16H,3-5,8H2,1-2H3. The molecule has 2 rings (SSSR count). The van der Waals surface area contributed by atoms with Crippen molar-refractivity contribution in [1.82, 2.24) is 4.90 Å². The van der Waals surface area contributed by atoms with Crippen LogP contribution in [0.2, 0.25) is 0 Å². The quantitative estimate of drug-likeness (QED) is 0.844. The Labute approximate surface area is 122 Å². The molecule has 2 heterocycles. The van der Waals surface area contributed by atoms with Crippen molar-refractivity contribution in [2.45, 2.75) is 38.3 Å². The van der Waals surface area contributed by atoms with Crippen molar-refractivity contribution in [3.63, 3.8) is 0 Å². The average molecular weight is 297 g/mol. The van der Waals surface area contributed by atoms with Gasteiger partial charge in [0.25, 0.3) is 0 Å². The molecule has 20 heavy (non-hydrogen) atoms. The minimum absolute atomic E-state index is 0.0397.